The predicted octanol–water partition coefficient (Wildman–Crippen LogP) is 1.87. The molecule has 0 amide bonds. The maximum atomic E-state index is 5.51. The van der Waals surface area contributed by atoms with Gasteiger partial charge in [0.1, 0.15) is 5.82 Å². The van der Waals surface area contributed by atoms with Crippen molar-refractivity contribution in [2.45, 2.75) is 6.42 Å². The van der Waals surface area contributed by atoms with Crippen LogP contribution in [0.2, 0.25) is 0 Å². The molecule has 2 aliphatic rings. The van der Waals surface area contributed by atoms with E-state index >= 15 is 0 Å². The highest BCUT2D eigenvalue weighted by Crippen LogP contribution is 2.23. The van der Waals surface area contributed by atoms with E-state index in [9.17, 15) is 0 Å². The van der Waals surface area contributed by atoms with Crippen molar-refractivity contribution in [3.8, 4) is 11.4 Å². The number of hydrogen-bond donors (Lipinski definition) is 1. The van der Waals surface area contributed by atoms with E-state index in [0.717, 1.165) is 12.2 Å². The van der Waals surface area contributed by atoms with E-state index in [1.54, 1.807) is 0 Å². The molecule has 0 spiro atoms. The molecule has 2 rings (SSSR count). The molecule has 84 valence electrons. The van der Waals surface area contributed by atoms with E-state index in [1.807, 2.05) is 30.1 Å². The van der Waals surface area contributed by atoms with Gasteiger partial charge < -0.3 is 10.3 Å². The zero-order valence-electron chi connectivity index (χ0n) is 8.51. The summed E-state index contributed by atoms with van der Waals surface area (Å²) in [5.41, 5.74) is 7.98. The third kappa shape index (κ3) is 2.62. The average molecular weight is 248 g/mol. The fourth-order valence-corrected chi connectivity index (χ4v) is 1.58. The molecule has 2 N–H and O–H groups in total. The second kappa shape index (κ2) is 5.95. The Balaban J connectivity index is 0.000000980. The molecule has 2 aliphatic heterocycles. The molecule has 0 radical (unpaired) electrons. The standard InChI is InChI=1S/C10H13N3.2ClH/c1-13-6-2-3-9-8(4-5-11)7-12-10(9)13;;/h2-3,6-7H,4-5,11H2,1H3;2*1H. The fourth-order valence-electron chi connectivity index (χ4n) is 1.58. The van der Waals surface area contributed by atoms with Crippen molar-refractivity contribution in [2.24, 2.45) is 12.8 Å². The number of pyridine rings is 1. The molecule has 0 aromatic heterocycles. The lowest BCUT2D eigenvalue weighted by Gasteiger charge is -2.05. The Hall–Kier alpha value is -0.770. The minimum atomic E-state index is 0. The Morgan fingerprint density at radius 1 is 1.40 bits per heavy atom. The minimum absolute atomic E-state index is 0. The lowest BCUT2D eigenvalue weighted by molar-refractivity contribution is 0.889. The molecule has 0 fully saturated rings. The monoisotopic (exact) mass is 247 g/mol. The van der Waals surface area contributed by atoms with Crippen LogP contribution in [-0.4, -0.2) is 16.1 Å². The Bertz CT molecular complexity index is 387. The summed E-state index contributed by atoms with van der Waals surface area (Å²) in [6, 6.07) is 4.12. The van der Waals surface area contributed by atoms with Crippen LogP contribution in [-0.2, 0) is 13.5 Å². The highest BCUT2D eigenvalue weighted by atomic mass is 35.5. The SMILES string of the molecule is Cl.Cl.Cn1cccc2c(CCN)cnc1-2. The van der Waals surface area contributed by atoms with Gasteiger partial charge in [0.15, 0.2) is 0 Å². The first kappa shape index (κ1) is 14.2. The van der Waals surface area contributed by atoms with Crippen LogP contribution >= 0.6 is 24.8 Å². The van der Waals surface area contributed by atoms with Crippen molar-refractivity contribution in [1.82, 2.24) is 9.55 Å². The Morgan fingerprint density at radius 2 is 2.13 bits per heavy atom. The van der Waals surface area contributed by atoms with Crippen LogP contribution in [0.3, 0.4) is 0 Å². The van der Waals surface area contributed by atoms with Crippen LogP contribution in [0.25, 0.3) is 11.4 Å². The maximum Gasteiger partial charge on any atom is 0.139 e. The van der Waals surface area contributed by atoms with Crippen molar-refractivity contribution in [1.29, 1.82) is 0 Å². The molecule has 2 heterocycles. The summed E-state index contributed by atoms with van der Waals surface area (Å²) in [6.07, 6.45) is 4.82. The van der Waals surface area contributed by atoms with Gasteiger partial charge >= 0.3 is 0 Å². The second-order valence-electron chi connectivity index (χ2n) is 3.18. The summed E-state index contributed by atoms with van der Waals surface area (Å²) >= 11 is 0. The normalized spacial score (nSPS) is 9.47. The van der Waals surface area contributed by atoms with E-state index in [4.69, 9.17) is 5.73 Å². The highest BCUT2D eigenvalue weighted by molar-refractivity contribution is 5.85. The summed E-state index contributed by atoms with van der Waals surface area (Å²) in [5, 5.41) is 0. The molecule has 0 bridgehead atoms. The van der Waals surface area contributed by atoms with E-state index in [-0.39, 0.29) is 24.8 Å². The van der Waals surface area contributed by atoms with Crippen LogP contribution in [0.5, 0.6) is 0 Å². The number of aromatic nitrogens is 2. The molecule has 0 aromatic rings. The van der Waals surface area contributed by atoms with Crippen molar-refractivity contribution in [3.63, 3.8) is 0 Å². The van der Waals surface area contributed by atoms with Gasteiger partial charge in [0.2, 0.25) is 0 Å². The molecule has 0 atom stereocenters. The number of rotatable bonds is 2. The molecule has 3 nitrogen and oxygen atoms in total. The molecule has 5 heteroatoms. The number of fused-ring (bicyclic) bond motifs is 1. The van der Waals surface area contributed by atoms with Crippen LogP contribution in [0.1, 0.15) is 5.56 Å². The van der Waals surface area contributed by atoms with Gasteiger partial charge in [-0.05, 0) is 30.7 Å². The van der Waals surface area contributed by atoms with Gasteiger partial charge in [0.25, 0.3) is 0 Å². The number of nitrogens with zero attached hydrogens (tertiary/aromatic N) is 2. The molecule has 0 aliphatic carbocycles. The van der Waals surface area contributed by atoms with E-state index < -0.39 is 0 Å². The third-order valence-electron chi connectivity index (χ3n) is 2.25. The molecule has 0 unspecified atom stereocenters. The topological polar surface area (TPSA) is 43.8 Å². The summed E-state index contributed by atoms with van der Waals surface area (Å²) in [6.45, 7) is 0.680. The average Bonchev–Trinajstić information content (AvgIpc) is 2.51. The first-order chi connectivity index (χ1) is 6.33. The summed E-state index contributed by atoms with van der Waals surface area (Å²) in [4.78, 5) is 4.34. The summed E-state index contributed by atoms with van der Waals surface area (Å²) in [5.74, 6) is 1.03. The van der Waals surface area contributed by atoms with Crippen LogP contribution < -0.4 is 5.73 Å². The predicted molar refractivity (Wildman–Crippen MR) is 67.1 cm³/mol. The Labute approximate surface area is 102 Å². The molecular weight excluding hydrogens is 233 g/mol. The number of aryl methyl sites for hydroxylation is 1. The first-order valence-electron chi connectivity index (χ1n) is 4.42. The van der Waals surface area contributed by atoms with Crippen LogP contribution in [0.15, 0.2) is 24.5 Å². The first-order valence-corrected chi connectivity index (χ1v) is 4.42. The minimum Gasteiger partial charge on any atom is -0.336 e. The quantitative estimate of drug-likeness (QED) is 0.881. The lowest BCUT2D eigenvalue weighted by atomic mass is 10.1. The van der Waals surface area contributed by atoms with Gasteiger partial charge in [0.05, 0.1) is 0 Å². The van der Waals surface area contributed by atoms with Crippen molar-refractivity contribution >= 4 is 24.8 Å². The van der Waals surface area contributed by atoms with E-state index in [0.29, 0.717) is 6.54 Å². The lowest BCUT2D eigenvalue weighted by Crippen LogP contribution is -2.03. The van der Waals surface area contributed by atoms with Gasteiger partial charge in [-0.15, -0.1) is 24.8 Å². The van der Waals surface area contributed by atoms with Gasteiger partial charge in [0, 0.05) is 25.0 Å². The van der Waals surface area contributed by atoms with Gasteiger partial charge in [-0.3, -0.25) is 0 Å². The molecule has 0 aromatic carbocycles. The van der Waals surface area contributed by atoms with Gasteiger partial charge in [-0.1, -0.05) is 0 Å². The Morgan fingerprint density at radius 3 is 2.80 bits per heavy atom. The molecule has 0 saturated carbocycles. The second-order valence-corrected chi connectivity index (χ2v) is 3.18. The van der Waals surface area contributed by atoms with E-state index in [1.165, 1.54) is 11.1 Å². The zero-order chi connectivity index (χ0) is 9.26. The third-order valence-corrected chi connectivity index (χ3v) is 2.25. The number of halogens is 2. The van der Waals surface area contributed by atoms with Crippen molar-refractivity contribution < 1.29 is 0 Å². The summed E-state index contributed by atoms with van der Waals surface area (Å²) < 4.78 is 2.02. The molecule has 15 heavy (non-hydrogen) atoms. The van der Waals surface area contributed by atoms with Crippen molar-refractivity contribution in [3.05, 3.63) is 30.1 Å². The molecular formula is C10H15Cl2N3. The maximum absolute atomic E-state index is 5.51. The number of nitrogens with two attached hydrogens (primary N) is 1. The highest BCUT2D eigenvalue weighted by Gasteiger charge is 2.10. The summed E-state index contributed by atoms with van der Waals surface area (Å²) in [7, 11) is 2.00. The van der Waals surface area contributed by atoms with Gasteiger partial charge in [-0.2, -0.15) is 0 Å². The zero-order valence-corrected chi connectivity index (χ0v) is 10.1. The van der Waals surface area contributed by atoms with Crippen LogP contribution in [0, 0.1) is 0 Å². The largest absolute Gasteiger partial charge is 0.336 e. The van der Waals surface area contributed by atoms with E-state index in [2.05, 4.69) is 11.1 Å². The Kier molecular flexibility index (Phi) is 5.65. The van der Waals surface area contributed by atoms with Gasteiger partial charge in [-0.25, -0.2) is 4.98 Å². The number of hydrogen-bond acceptors (Lipinski definition) is 2. The molecule has 0 saturated heterocycles. The fraction of sp³-hybridized carbons (Fsp3) is 0.300. The van der Waals surface area contributed by atoms with Crippen molar-refractivity contribution in [2.75, 3.05) is 6.54 Å². The smallest absolute Gasteiger partial charge is 0.139 e. The van der Waals surface area contributed by atoms with Crippen LogP contribution in [0.4, 0.5) is 0 Å².